The summed E-state index contributed by atoms with van der Waals surface area (Å²) in [7, 11) is 0. The van der Waals surface area contributed by atoms with Crippen molar-refractivity contribution < 1.29 is 0 Å². The molecule has 0 aliphatic heterocycles. The van der Waals surface area contributed by atoms with Crippen LogP contribution in [-0.4, -0.2) is 4.57 Å². The minimum absolute atomic E-state index is 0.0327. The monoisotopic (exact) mass is 987 g/mol. The van der Waals surface area contributed by atoms with Crippen molar-refractivity contribution in [1.29, 1.82) is 0 Å². The third kappa shape index (κ3) is 8.44. The Morgan fingerprint density at radius 3 is 1.36 bits per heavy atom. The molecule has 0 fully saturated rings. The van der Waals surface area contributed by atoms with Crippen LogP contribution in [0.15, 0.2) is 206 Å². The van der Waals surface area contributed by atoms with Crippen LogP contribution in [0.5, 0.6) is 0 Å². The van der Waals surface area contributed by atoms with E-state index in [0.29, 0.717) is 0 Å². The maximum Gasteiger partial charge on any atom is 0.0541 e. The van der Waals surface area contributed by atoms with E-state index in [-0.39, 0.29) is 21.7 Å². The normalized spacial score (nSPS) is 12.7. The van der Waals surface area contributed by atoms with Gasteiger partial charge in [-0.3, -0.25) is 0 Å². The van der Waals surface area contributed by atoms with Gasteiger partial charge in [-0.15, -0.1) is 0 Å². The van der Waals surface area contributed by atoms with E-state index in [1.54, 1.807) is 0 Å². The van der Waals surface area contributed by atoms with Crippen LogP contribution in [0.1, 0.15) is 105 Å². The first-order chi connectivity index (χ1) is 36.2. The highest BCUT2D eigenvalue weighted by molar-refractivity contribution is 6.27. The number of hydrogen-bond donors (Lipinski definition) is 0. The average Bonchev–Trinajstić information content (AvgIpc) is 3.74. The largest absolute Gasteiger partial charge is 0.309 e. The summed E-state index contributed by atoms with van der Waals surface area (Å²) in [5.41, 5.74) is 19.4. The Labute approximate surface area is 450 Å². The first-order valence-electron chi connectivity index (χ1n) is 27.3. The lowest BCUT2D eigenvalue weighted by Crippen LogP contribution is -2.17. The van der Waals surface area contributed by atoms with Gasteiger partial charge < -0.3 is 9.47 Å². The third-order valence-corrected chi connectivity index (χ3v) is 16.1. The summed E-state index contributed by atoms with van der Waals surface area (Å²) in [5.74, 6) is 0. The zero-order valence-corrected chi connectivity index (χ0v) is 46.5. The summed E-state index contributed by atoms with van der Waals surface area (Å²) in [6, 6.07) is 78.6. The molecule has 1 aromatic heterocycles. The van der Waals surface area contributed by atoms with E-state index in [9.17, 15) is 0 Å². The Bertz CT molecular complexity index is 4110. The molecule has 12 rings (SSSR count). The second-order valence-corrected chi connectivity index (χ2v) is 25.5. The molecule has 0 saturated heterocycles. The highest BCUT2D eigenvalue weighted by Gasteiger charge is 2.28. The Morgan fingerprint density at radius 1 is 0.303 bits per heavy atom. The van der Waals surface area contributed by atoms with Gasteiger partial charge >= 0.3 is 0 Å². The molecule has 1 heterocycles. The van der Waals surface area contributed by atoms with Gasteiger partial charge in [0.25, 0.3) is 0 Å². The maximum absolute atomic E-state index is 2.59. The molecule has 76 heavy (non-hydrogen) atoms. The lowest BCUT2D eigenvalue weighted by atomic mass is 9.78. The summed E-state index contributed by atoms with van der Waals surface area (Å²) >= 11 is 0. The van der Waals surface area contributed by atoms with Crippen LogP contribution in [0.2, 0.25) is 0 Å². The minimum atomic E-state index is -0.151. The fourth-order valence-corrected chi connectivity index (χ4v) is 11.8. The Morgan fingerprint density at radius 2 is 0.763 bits per heavy atom. The van der Waals surface area contributed by atoms with Crippen molar-refractivity contribution >= 4 is 71.2 Å². The smallest absolute Gasteiger partial charge is 0.0541 e. The van der Waals surface area contributed by atoms with Gasteiger partial charge in [0, 0.05) is 32.8 Å². The van der Waals surface area contributed by atoms with Crippen molar-refractivity contribution in [2.75, 3.05) is 4.90 Å². The second kappa shape index (κ2) is 17.8. The zero-order valence-electron chi connectivity index (χ0n) is 46.5. The number of rotatable bonds is 7. The van der Waals surface area contributed by atoms with Crippen LogP contribution in [0.3, 0.4) is 0 Å². The number of para-hydroxylation sites is 3. The fraction of sp³-hybridized carbons (Fsp3) is 0.216. The topological polar surface area (TPSA) is 8.17 Å². The van der Waals surface area contributed by atoms with E-state index in [4.69, 9.17) is 0 Å². The van der Waals surface area contributed by atoms with Crippen LogP contribution >= 0.6 is 0 Å². The molecule has 0 spiro atoms. The Balaban J connectivity index is 1.16. The summed E-state index contributed by atoms with van der Waals surface area (Å²) in [6.07, 6.45) is 0. The second-order valence-electron chi connectivity index (χ2n) is 25.5. The summed E-state index contributed by atoms with van der Waals surface area (Å²) < 4.78 is 2.48. The maximum atomic E-state index is 2.59. The van der Waals surface area contributed by atoms with Crippen molar-refractivity contribution in [3.63, 3.8) is 0 Å². The molecule has 2 nitrogen and oxygen atoms in total. The number of benzene rings is 11. The van der Waals surface area contributed by atoms with E-state index < -0.39 is 0 Å². The first kappa shape index (κ1) is 49.0. The Hall–Kier alpha value is -7.94. The fourth-order valence-electron chi connectivity index (χ4n) is 11.8. The molecule has 11 aromatic carbocycles. The average molecular weight is 987 g/mol. The van der Waals surface area contributed by atoms with Crippen LogP contribution in [-0.2, 0) is 21.7 Å². The summed E-state index contributed by atoms with van der Waals surface area (Å²) in [5, 5.41) is 10.0. The predicted octanol–water partition coefficient (Wildman–Crippen LogP) is 21.3. The van der Waals surface area contributed by atoms with Crippen LogP contribution in [0, 0.1) is 0 Å². The van der Waals surface area contributed by atoms with Crippen molar-refractivity contribution in [3.05, 3.63) is 229 Å². The van der Waals surface area contributed by atoms with Gasteiger partial charge in [-0.25, -0.2) is 0 Å². The van der Waals surface area contributed by atoms with E-state index in [2.05, 4.69) is 299 Å². The molecule has 0 unspecified atom stereocenters. The van der Waals surface area contributed by atoms with Crippen molar-refractivity contribution in [3.8, 4) is 39.1 Å². The molecule has 2 heteroatoms. The third-order valence-electron chi connectivity index (χ3n) is 16.1. The molecule has 376 valence electrons. The van der Waals surface area contributed by atoms with Gasteiger partial charge in [-0.2, -0.15) is 0 Å². The zero-order chi connectivity index (χ0) is 53.1. The lowest BCUT2D eigenvalue weighted by molar-refractivity contribution is 0.569. The van der Waals surface area contributed by atoms with Gasteiger partial charge in [-0.05, 0) is 136 Å². The quantitative estimate of drug-likeness (QED) is 0.145. The van der Waals surface area contributed by atoms with Crippen LogP contribution in [0.4, 0.5) is 17.1 Å². The number of hydrogen-bond acceptors (Lipinski definition) is 1. The molecule has 0 bridgehead atoms. The molecule has 12 aromatic rings. The van der Waals surface area contributed by atoms with Crippen molar-refractivity contribution in [1.82, 2.24) is 4.57 Å². The molecule has 0 amide bonds. The van der Waals surface area contributed by atoms with E-state index >= 15 is 0 Å². The van der Waals surface area contributed by atoms with E-state index in [1.807, 2.05) is 0 Å². The van der Waals surface area contributed by atoms with Gasteiger partial charge in [0.1, 0.15) is 0 Å². The molecule has 0 atom stereocenters. The van der Waals surface area contributed by atoms with Crippen molar-refractivity contribution in [2.24, 2.45) is 0 Å². The molecule has 0 saturated carbocycles. The van der Waals surface area contributed by atoms with E-state index in [1.165, 1.54) is 115 Å². The molecule has 0 radical (unpaired) electrons. The number of aromatic nitrogens is 1. The number of anilines is 3. The molecule has 0 aliphatic rings. The lowest BCUT2D eigenvalue weighted by Gasteiger charge is -2.32. The van der Waals surface area contributed by atoms with Gasteiger partial charge in [0.15, 0.2) is 0 Å². The van der Waals surface area contributed by atoms with E-state index in [0.717, 1.165) is 17.1 Å². The predicted molar refractivity (Wildman–Crippen MR) is 330 cm³/mol. The van der Waals surface area contributed by atoms with Gasteiger partial charge in [-0.1, -0.05) is 247 Å². The summed E-state index contributed by atoms with van der Waals surface area (Å²) in [6.45, 7) is 28.0. The highest BCUT2D eigenvalue weighted by Crippen LogP contribution is 2.50. The molecule has 0 N–H and O–H groups in total. The summed E-state index contributed by atoms with van der Waals surface area (Å²) in [4.78, 5) is 2.59. The SMILES string of the molecule is CC(C)(C)c1ccc(-c2ccccc2-c2ccccc2N(c2cc(-c3cc(C(C)(C)C)cc(C(C)(C)C)c3)cc(C(C)(C)C)c2)c2ccc3ccc4c(-n5c6ccccc6c6ccccc65)ccc5ccc2c3c54)cc1. The standard InChI is InChI=1S/C74H70N2/c1-71(2,3)52-35-29-47(30-36-52)57-21-13-14-22-58(57)59-23-15-18-26-64(59)75(56-44-51(43-55(46-56)74(10,11)12)50-41-53(72(4,5)6)45-54(42-50)73(7,8)9)67-39-33-48-32-38-63-68(40-34-49-31-37-62(67)69(48)70(49)63)76-65-27-19-16-24-60(65)61-25-17-20-28-66(61)76/h13-46H,1-12H3. The molecule has 0 aliphatic carbocycles. The Kier molecular flexibility index (Phi) is 11.5. The first-order valence-corrected chi connectivity index (χ1v) is 27.3. The van der Waals surface area contributed by atoms with Gasteiger partial charge in [0.2, 0.25) is 0 Å². The van der Waals surface area contributed by atoms with Crippen molar-refractivity contribution in [2.45, 2.75) is 105 Å². The van der Waals surface area contributed by atoms with Crippen LogP contribution < -0.4 is 4.90 Å². The molecular weight excluding hydrogens is 917 g/mol. The number of nitrogens with zero attached hydrogens (tertiary/aromatic N) is 2. The van der Waals surface area contributed by atoms with Crippen LogP contribution in [0.25, 0.3) is 93.2 Å². The van der Waals surface area contributed by atoms with Gasteiger partial charge in [0.05, 0.1) is 28.1 Å². The highest BCUT2D eigenvalue weighted by atomic mass is 15.1. The minimum Gasteiger partial charge on any atom is -0.309 e. The number of fused-ring (bicyclic) bond motifs is 3. The molecular formula is C74H70N2.